The van der Waals surface area contributed by atoms with Gasteiger partial charge >= 0.3 is 0 Å². The molecular weight excluding hydrogens is 719 g/mol. The van der Waals surface area contributed by atoms with Crippen LogP contribution in [-0.4, -0.2) is 24.1 Å². The van der Waals surface area contributed by atoms with Crippen molar-refractivity contribution in [1.29, 1.82) is 0 Å². The minimum absolute atomic E-state index is 0.179. The third-order valence-electron chi connectivity index (χ3n) is 12.4. The number of benzene rings is 8. The smallest absolute Gasteiger partial charge is 0.240 e. The predicted molar refractivity (Wildman–Crippen MR) is 242 cm³/mol. The summed E-state index contributed by atoms with van der Waals surface area (Å²) in [5.74, 6) is 1.76. The monoisotopic (exact) mass is 755 g/mol. The highest BCUT2D eigenvalue weighted by Gasteiger charge is 2.37. The van der Waals surface area contributed by atoms with Crippen LogP contribution < -0.4 is 0 Å². The molecule has 3 aromatic heterocycles. The maximum absolute atomic E-state index is 5.55. The molecule has 0 fully saturated rings. The van der Waals surface area contributed by atoms with E-state index in [-0.39, 0.29) is 5.41 Å². The summed E-state index contributed by atoms with van der Waals surface area (Å²) in [7, 11) is 0. The van der Waals surface area contributed by atoms with Crippen LogP contribution in [0.15, 0.2) is 188 Å². The van der Waals surface area contributed by atoms with Crippen LogP contribution in [0, 0.1) is 0 Å². The number of hydrogen-bond donors (Lipinski definition) is 0. The average Bonchev–Trinajstić information content (AvgIpc) is 3.89. The highest BCUT2D eigenvalue weighted by molar-refractivity contribution is 6.11. The Hall–Kier alpha value is -7.63. The van der Waals surface area contributed by atoms with Gasteiger partial charge in [-0.05, 0) is 68.8 Å². The lowest BCUT2D eigenvalue weighted by Crippen LogP contribution is -2.15. The normalized spacial score (nSPS) is 13.1. The second-order valence-electron chi connectivity index (χ2n) is 16.1. The molecule has 0 unspecified atom stereocenters. The summed E-state index contributed by atoms with van der Waals surface area (Å²) in [6.07, 6.45) is 0. The van der Waals surface area contributed by atoms with Crippen LogP contribution in [0.3, 0.4) is 0 Å². The number of aromatic nitrogens is 5. The van der Waals surface area contributed by atoms with Crippen molar-refractivity contribution in [3.8, 4) is 56.7 Å². The Kier molecular flexibility index (Phi) is 7.20. The molecule has 1 aliphatic carbocycles. The molecule has 12 rings (SSSR count). The van der Waals surface area contributed by atoms with Crippen molar-refractivity contribution in [2.45, 2.75) is 19.3 Å². The van der Waals surface area contributed by atoms with Crippen LogP contribution in [0.5, 0.6) is 0 Å². The summed E-state index contributed by atoms with van der Waals surface area (Å²) >= 11 is 0. The molecule has 0 saturated carbocycles. The van der Waals surface area contributed by atoms with Gasteiger partial charge in [-0.15, -0.1) is 0 Å². The van der Waals surface area contributed by atoms with Gasteiger partial charge in [0, 0.05) is 32.5 Å². The largest absolute Gasteiger partial charge is 0.278 e. The van der Waals surface area contributed by atoms with Crippen LogP contribution >= 0.6 is 0 Å². The molecule has 5 heteroatoms. The van der Waals surface area contributed by atoms with Crippen molar-refractivity contribution in [2.75, 3.05) is 0 Å². The van der Waals surface area contributed by atoms with E-state index in [1.54, 1.807) is 0 Å². The molecule has 0 atom stereocenters. The van der Waals surface area contributed by atoms with E-state index in [1.165, 1.54) is 22.3 Å². The topological polar surface area (TPSA) is 48.5 Å². The van der Waals surface area contributed by atoms with Crippen molar-refractivity contribution in [2.24, 2.45) is 0 Å². The van der Waals surface area contributed by atoms with Gasteiger partial charge in [-0.3, -0.25) is 9.13 Å². The Bertz CT molecular complexity index is 3320. The van der Waals surface area contributed by atoms with Crippen molar-refractivity contribution in [3.05, 3.63) is 199 Å². The summed E-state index contributed by atoms with van der Waals surface area (Å²) in [5, 5.41) is 4.58. The number of hydrogen-bond acceptors (Lipinski definition) is 3. The minimum atomic E-state index is -0.179. The second-order valence-corrected chi connectivity index (χ2v) is 16.1. The van der Waals surface area contributed by atoms with E-state index in [0.29, 0.717) is 17.7 Å². The van der Waals surface area contributed by atoms with Crippen molar-refractivity contribution in [1.82, 2.24) is 24.1 Å². The average molecular weight is 756 g/mol. The SMILES string of the molecule is CC1(C)c2ccccc2-c2c(-c3nc(-n4c5ccccc5c5ccccc54)nc(-n4c5cc(-c6ccccc6)ccc5c5ccc(-c6ccccc6)cc54)n3)cccc21. The Morgan fingerprint density at radius 2 is 0.814 bits per heavy atom. The predicted octanol–water partition coefficient (Wildman–Crippen LogP) is 13.4. The molecule has 1 aliphatic rings. The zero-order valence-electron chi connectivity index (χ0n) is 32.6. The van der Waals surface area contributed by atoms with Gasteiger partial charge in [0.25, 0.3) is 0 Å². The van der Waals surface area contributed by atoms with Gasteiger partial charge in [0.2, 0.25) is 11.9 Å². The first kappa shape index (κ1) is 33.5. The van der Waals surface area contributed by atoms with Crippen LogP contribution in [0.4, 0.5) is 0 Å². The molecule has 3 heterocycles. The zero-order valence-corrected chi connectivity index (χ0v) is 32.6. The first-order valence-corrected chi connectivity index (χ1v) is 20.2. The first-order valence-electron chi connectivity index (χ1n) is 20.2. The maximum Gasteiger partial charge on any atom is 0.240 e. The van der Waals surface area contributed by atoms with E-state index in [2.05, 4.69) is 211 Å². The molecule has 11 aromatic rings. The molecule has 8 aromatic carbocycles. The Balaban J connectivity index is 1.21. The molecule has 0 saturated heterocycles. The van der Waals surface area contributed by atoms with Gasteiger partial charge in [0.15, 0.2) is 5.82 Å². The van der Waals surface area contributed by atoms with E-state index < -0.39 is 0 Å². The van der Waals surface area contributed by atoms with E-state index in [0.717, 1.165) is 71.4 Å². The standard InChI is InChI=1S/C54H37N5/c1-54(2)44-24-12-9-22-42(44)50-43(23-15-25-45(50)54)51-55-52(58-46-26-13-10-20-38(46)39-21-11-14-27-47(39)58)57-53(56-51)59-48-32-36(34-16-5-3-6-17-34)28-30-40(48)41-31-29-37(33-49(41)59)35-18-7-4-8-19-35/h3-33H,1-2H3. The van der Waals surface area contributed by atoms with Crippen LogP contribution in [-0.2, 0) is 5.41 Å². The van der Waals surface area contributed by atoms with Crippen LogP contribution in [0.1, 0.15) is 25.0 Å². The second kappa shape index (κ2) is 12.7. The van der Waals surface area contributed by atoms with E-state index >= 15 is 0 Å². The van der Waals surface area contributed by atoms with Gasteiger partial charge in [0.05, 0.1) is 22.1 Å². The minimum Gasteiger partial charge on any atom is -0.278 e. The van der Waals surface area contributed by atoms with Gasteiger partial charge in [-0.2, -0.15) is 15.0 Å². The maximum atomic E-state index is 5.55. The highest BCUT2D eigenvalue weighted by atomic mass is 15.3. The fourth-order valence-electron chi connectivity index (χ4n) is 9.61. The molecule has 0 aliphatic heterocycles. The number of fused-ring (bicyclic) bond motifs is 9. The summed E-state index contributed by atoms with van der Waals surface area (Å²) in [6, 6.07) is 67.1. The van der Waals surface area contributed by atoms with Gasteiger partial charge < -0.3 is 0 Å². The van der Waals surface area contributed by atoms with E-state index in [4.69, 9.17) is 15.0 Å². The summed E-state index contributed by atoms with van der Waals surface area (Å²) in [5.41, 5.74) is 14.5. The summed E-state index contributed by atoms with van der Waals surface area (Å²) in [4.78, 5) is 16.5. The molecular formula is C54H37N5. The lowest BCUT2D eigenvalue weighted by atomic mass is 9.82. The van der Waals surface area contributed by atoms with Gasteiger partial charge in [-0.25, -0.2) is 0 Å². The van der Waals surface area contributed by atoms with E-state index in [1.807, 2.05) is 0 Å². The third-order valence-corrected chi connectivity index (χ3v) is 12.4. The van der Waals surface area contributed by atoms with Gasteiger partial charge in [-0.1, -0.05) is 178 Å². The molecule has 0 spiro atoms. The van der Waals surface area contributed by atoms with Crippen LogP contribution in [0.25, 0.3) is 100 Å². The zero-order chi connectivity index (χ0) is 39.2. The number of nitrogens with zero attached hydrogens (tertiary/aromatic N) is 5. The number of rotatable bonds is 5. The fourth-order valence-corrected chi connectivity index (χ4v) is 9.61. The Labute approximate surface area is 341 Å². The lowest BCUT2D eigenvalue weighted by Gasteiger charge is -2.21. The quantitative estimate of drug-likeness (QED) is 0.176. The van der Waals surface area contributed by atoms with Crippen LogP contribution in [0.2, 0.25) is 0 Å². The van der Waals surface area contributed by atoms with Gasteiger partial charge in [0.1, 0.15) is 0 Å². The Morgan fingerprint density at radius 1 is 0.356 bits per heavy atom. The highest BCUT2D eigenvalue weighted by Crippen LogP contribution is 2.51. The van der Waals surface area contributed by atoms with Crippen molar-refractivity contribution < 1.29 is 0 Å². The fraction of sp³-hybridized carbons (Fsp3) is 0.0556. The lowest BCUT2D eigenvalue weighted by molar-refractivity contribution is 0.660. The molecule has 0 amide bonds. The third kappa shape index (κ3) is 5.01. The number of para-hydroxylation sites is 2. The summed E-state index contributed by atoms with van der Waals surface area (Å²) < 4.78 is 4.46. The van der Waals surface area contributed by atoms with Crippen molar-refractivity contribution in [3.63, 3.8) is 0 Å². The summed E-state index contributed by atoms with van der Waals surface area (Å²) in [6.45, 7) is 4.63. The van der Waals surface area contributed by atoms with E-state index in [9.17, 15) is 0 Å². The molecule has 0 bridgehead atoms. The molecule has 278 valence electrons. The molecule has 5 nitrogen and oxygen atoms in total. The Morgan fingerprint density at radius 3 is 1.41 bits per heavy atom. The first-order chi connectivity index (χ1) is 29.0. The molecule has 0 N–H and O–H groups in total. The van der Waals surface area contributed by atoms with Crippen molar-refractivity contribution >= 4 is 43.6 Å². The molecule has 59 heavy (non-hydrogen) atoms. The molecule has 0 radical (unpaired) electrons.